The lowest BCUT2D eigenvalue weighted by molar-refractivity contribution is 0.0695. The molecule has 0 heterocycles. The van der Waals surface area contributed by atoms with Crippen molar-refractivity contribution in [1.29, 1.82) is 0 Å². The zero-order chi connectivity index (χ0) is 13.5. The Balaban J connectivity index is 2.70. The second kappa shape index (κ2) is 7.13. The number of aliphatic hydroxyl groups is 1. The fourth-order valence-electron chi connectivity index (χ4n) is 1.93. The number of rotatable bonds is 7. The maximum absolute atomic E-state index is 11.1. The average Bonchev–Trinajstić information content (AvgIpc) is 2.34. The van der Waals surface area contributed by atoms with Gasteiger partial charge >= 0.3 is 5.97 Å². The molecule has 18 heavy (non-hydrogen) atoms. The fourth-order valence-corrected chi connectivity index (χ4v) is 1.93. The Labute approximate surface area is 108 Å². The normalized spacial score (nSPS) is 12.7. The number of carboxylic acids is 1. The topological polar surface area (TPSA) is 69.6 Å². The fraction of sp³-hybridized carbons (Fsp3) is 0.500. The summed E-state index contributed by atoms with van der Waals surface area (Å²) < 4.78 is 0. The maximum Gasteiger partial charge on any atom is 0.336 e. The van der Waals surface area contributed by atoms with Crippen molar-refractivity contribution in [3.63, 3.8) is 0 Å². The van der Waals surface area contributed by atoms with Crippen LogP contribution < -0.4 is 5.32 Å². The second-order valence-electron chi connectivity index (χ2n) is 4.71. The molecule has 0 saturated heterocycles. The molecule has 0 saturated carbocycles. The molecule has 0 aliphatic rings. The number of carboxylic acid groups (broad SMARTS) is 1. The van der Waals surface area contributed by atoms with Gasteiger partial charge in [0.05, 0.1) is 5.56 Å². The van der Waals surface area contributed by atoms with E-state index in [4.69, 9.17) is 10.2 Å². The first-order valence-corrected chi connectivity index (χ1v) is 6.21. The van der Waals surface area contributed by atoms with Gasteiger partial charge in [-0.05, 0) is 24.0 Å². The smallest absolute Gasteiger partial charge is 0.336 e. The summed E-state index contributed by atoms with van der Waals surface area (Å²) in [5.74, 6) is -0.509. The highest BCUT2D eigenvalue weighted by Gasteiger charge is 2.14. The number of hydrogen-bond donors (Lipinski definition) is 3. The summed E-state index contributed by atoms with van der Waals surface area (Å²) >= 11 is 0. The highest BCUT2D eigenvalue weighted by atomic mass is 16.4. The van der Waals surface area contributed by atoms with Gasteiger partial charge in [0.25, 0.3) is 0 Å². The average molecular weight is 251 g/mol. The van der Waals surface area contributed by atoms with Crippen LogP contribution in [-0.4, -0.2) is 28.8 Å². The highest BCUT2D eigenvalue weighted by Crippen LogP contribution is 2.11. The van der Waals surface area contributed by atoms with Crippen LogP contribution in [0.3, 0.4) is 0 Å². The molecule has 1 rings (SSSR count). The number of aliphatic hydroxyl groups excluding tert-OH is 1. The lowest BCUT2D eigenvalue weighted by Crippen LogP contribution is -2.34. The van der Waals surface area contributed by atoms with Crippen molar-refractivity contribution < 1.29 is 15.0 Å². The molecule has 0 bridgehead atoms. The van der Waals surface area contributed by atoms with Crippen molar-refractivity contribution in [1.82, 2.24) is 5.32 Å². The standard InChI is InChI=1S/C14H21NO3/c1-10(2)13(7-8-16)15-9-11-5-3-4-6-12(11)14(17)18/h3-6,10,13,15-16H,7-9H2,1-2H3,(H,17,18). The van der Waals surface area contributed by atoms with Gasteiger partial charge < -0.3 is 15.5 Å². The van der Waals surface area contributed by atoms with Crippen LogP contribution in [0.1, 0.15) is 36.2 Å². The van der Waals surface area contributed by atoms with Crippen molar-refractivity contribution in [2.45, 2.75) is 32.9 Å². The van der Waals surface area contributed by atoms with Crippen molar-refractivity contribution in [2.24, 2.45) is 5.92 Å². The van der Waals surface area contributed by atoms with E-state index < -0.39 is 5.97 Å². The van der Waals surface area contributed by atoms with Gasteiger partial charge in [-0.3, -0.25) is 0 Å². The van der Waals surface area contributed by atoms with Crippen LogP contribution >= 0.6 is 0 Å². The molecule has 0 spiro atoms. The molecule has 3 N–H and O–H groups in total. The molecule has 4 heteroatoms. The van der Waals surface area contributed by atoms with E-state index in [0.717, 1.165) is 5.56 Å². The first kappa shape index (κ1) is 14.7. The van der Waals surface area contributed by atoms with Crippen LogP contribution in [0.15, 0.2) is 24.3 Å². The summed E-state index contributed by atoms with van der Waals surface area (Å²) in [6.45, 7) is 4.80. The molecule has 0 aliphatic carbocycles. The quantitative estimate of drug-likeness (QED) is 0.692. The highest BCUT2D eigenvalue weighted by molar-refractivity contribution is 5.89. The molecule has 0 aliphatic heterocycles. The van der Waals surface area contributed by atoms with Gasteiger partial charge in [0.1, 0.15) is 0 Å². The number of nitrogens with one attached hydrogen (secondary N) is 1. The minimum Gasteiger partial charge on any atom is -0.478 e. The summed E-state index contributed by atoms with van der Waals surface area (Å²) in [6, 6.07) is 7.17. The number of carbonyl (C=O) groups is 1. The second-order valence-corrected chi connectivity index (χ2v) is 4.71. The Morgan fingerprint density at radius 3 is 2.56 bits per heavy atom. The van der Waals surface area contributed by atoms with E-state index in [-0.39, 0.29) is 12.6 Å². The predicted molar refractivity (Wildman–Crippen MR) is 70.6 cm³/mol. The van der Waals surface area contributed by atoms with E-state index >= 15 is 0 Å². The molecule has 1 aromatic rings. The summed E-state index contributed by atoms with van der Waals surface area (Å²) in [7, 11) is 0. The van der Waals surface area contributed by atoms with Gasteiger partial charge in [-0.25, -0.2) is 4.79 Å². The van der Waals surface area contributed by atoms with Crippen molar-refractivity contribution in [2.75, 3.05) is 6.61 Å². The van der Waals surface area contributed by atoms with Gasteiger partial charge in [-0.15, -0.1) is 0 Å². The van der Waals surface area contributed by atoms with E-state index in [9.17, 15) is 4.79 Å². The third-order valence-electron chi connectivity index (χ3n) is 3.05. The minimum absolute atomic E-state index is 0.135. The number of hydrogen-bond acceptors (Lipinski definition) is 3. The van der Waals surface area contributed by atoms with Crippen molar-refractivity contribution in [3.05, 3.63) is 35.4 Å². The molecule has 100 valence electrons. The first-order valence-electron chi connectivity index (χ1n) is 6.21. The van der Waals surface area contributed by atoms with Crippen LogP contribution in [0.4, 0.5) is 0 Å². The third kappa shape index (κ3) is 4.13. The molecule has 1 aromatic carbocycles. The lowest BCUT2D eigenvalue weighted by atomic mass is 10.0. The molecule has 1 atom stereocenters. The zero-order valence-electron chi connectivity index (χ0n) is 10.9. The summed E-state index contributed by atoms with van der Waals surface area (Å²) in [4.78, 5) is 11.1. The number of aromatic carboxylic acids is 1. The van der Waals surface area contributed by atoms with Gasteiger partial charge in [0.2, 0.25) is 0 Å². The van der Waals surface area contributed by atoms with Gasteiger partial charge in [0.15, 0.2) is 0 Å². The Morgan fingerprint density at radius 1 is 1.33 bits per heavy atom. The minimum atomic E-state index is -0.907. The van der Waals surface area contributed by atoms with Crippen LogP contribution in [-0.2, 0) is 6.54 Å². The summed E-state index contributed by atoms with van der Waals surface area (Å²) in [5.41, 5.74) is 1.10. The monoisotopic (exact) mass is 251 g/mol. The molecular formula is C14H21NO3. The van der Waals surface area contributed by atoms with E-state index in [2.05, 4.69) is 19.2 Å². The Morgan fingerprint density at radius 2 is 2.00 bits per heavy atom. The number of benzene rings is 1. The molecule has 4 nitrogen and oxygen atoms in total. The lowest BCUT2D eigenvalue weighted by Gasteiger charge is -2.22. The van der Waals surface area contributed by atoms with Crippen LogP contribution in [0, 0.1) is 5.92 Å². The van der Waals surface area contributed by atoms with Crippen molar-refractivity contribution >= 4 is 5.97 Å². The van der Waals surface area contributed by atoms with Gasteiger partial charge in [-0.2, -0.15) is 0 Å². The molecule has 1 unspecified atom stereocenters. The van der Waals surface area contributed by atoms with Crippen LogP contribution in [0.25, 0.3) is 0 Å². The first-order chi connectivity index (χ1) is 8.56. The van der Waals surface area contributed by atoms with Crippen LogP contribution in [0.5, 0.6) is 0 Å². The van der Waals surface area contributed by atoms with E-state index in [1.54, 1.807) is 12.1 Å². The Kier molecular flexibility index (Phi) is 5.82. The summed E-state index contributed by atoms with van der Waals surface area (Å²) in [5, 5.41) is 21.4. The maximum atomic E-state index is 11.1. The summed E-state index contributed by atoms with van der Waals surface area (Å²) in [6.07, 6.45) is 0.674. The predicted octanol–water partition coefficient (Wildman–Crippen LogP) is 1.88. The largest absolute Gasteiger partial charge is 0.478 e. The van der Waals surface area contributed by atoms with Gasteiger partial charge in [0, 0.05) is 19.2 Å². The molecule has 0 aromatic heterocycles. The van der Waals surface area contributed by atoms with E-state index in [1.165, 1.54) is 0 Å². The zero-order valence-corrected chi connectivity index (χ0v) is 10.9. The molecule has 0 fully saturated rings. The van der Waals surface area contributed by atoms with Crippen LogP contribution in [0.2, 0.25) is 0 Å². The molecule has 0 radical (unpaired) electrons. The Bertz CT molecular complexity index is 390. The van der Waals surface area contributed by atoms with E-state index in [0.29, 0.717) is 24.4 Å². The van der Waals surface area contributed by atoms with Gasteiger partial charge in [-0.1, -0.05) is 32.0 Å². The van der Waals surface area contributed by atoms with Crippen molar-refractivity contribution in [3.8, 4) is 0 Å². The van der Waals surface area contributed by atoms with E-state index in [1.807, 2.05) is 12.1 Å². The third-order valence-corrected chi connectivity index (χ3v) is 3.05. The molecule has 0 amide bonds. The SMILES string of the molecule is CC(C)C(CCO)NCc1ccccc1C(=O)O. The molecular weight excluding hydrogens is 230 g/mol. The Hall–Kier alpha value is -1.39.